The number of ether oxygens (including phenoxy) is 2. The Labute approximate surface area is 123 Å². The molecule has 0 aliphatic heterocycles. The fourth-order valence-corrected chi connectivity index (χ4v) is 2.46. The molecule has 8 nitrogen and oxygen atoms in total. The van der Waals surface area contributed by atoms with Crippen LogP contribution in [0.2, 0.25) is 0 Å². The second kappa shape index (κ2) is 7.34. The smallest absolute Gasteiger partial charge is 0.312 e. The molecule has 0 amide bonds. The largest absolute Gasteiger partial charge is 0.484 e. The van der Waals surface area contributed by atoms with Crippen molar-refractivity contribution in [2.45, 2.75) is 25.2 Å². The summed E-state index contributed by atoms with van der Waals surface area (Å²) in [7, 11) is -4.02. The Kier molecular flexibility index (Phi) is 6.06. The summed E-state index contributed by atoms with van der Waals surface area (Å²) in [6.07, 6.45) is 0.863. The summed E-state index contributed by atoms with van der Waals surface area (Å²) >= 11 is 0. The number of aryl methyl sites for hydroxylation is 1. The molecule has 0 aliphatic rings. The molecule has 1 aromatic carbocycles. The molecule has 0 fully saturated rings. The van der Waals surface area contributed by atoms with E-state index in [4.69, 9.17) is 14.6 Å². The van der Waals surface area contributed by atoms with Crippen LogP contribution < -0.4 is 9.88 Å². The first-order chi connectivity index (χ1) is 9.77. The third-order valence-electron chi connectivity index (χ3n) is 2.59. The molecule has 118 valence electrons. The average Bonchev–Trinajstić information content (AvgIpc) is 2.36. The third kappa shape index (κ3) is 4.96. The number of rotatable bonds is 8. The Balaban J connectivity index is 2.99. The molecule has 0 radical (unpaired) electrons. The number of nitro groups is 1. The fourth-order valence-electron chi connectivity index (χ4n) is 1.67. The zero-order valence-electron chi connectivity index (χ0n) is 11.9. The Morgan fingerprint density at radius 1 is 1.29 bits per heavy atom. The van der Waals surface area contributed by atoms with Gasteiger partial charge in [0.1, 0.15) is 6.61 Å². The molecule has 21 heavy (non-hydrogen) atoms. The standard InChI is InChI=1S/C12H18N2O6S/c1-3-4-19-5-6-20-11-7-9(2)12(21(13,17)18)8-10(11)14(15)16/h7-8H,3-6H2,1-2H3,(H2,13,17,18). The predicted octanol–water partition coefficient (Wildman–Crippen LogP) is 1.36. The summed E-state index contributed by atoms with van der Waals surface area (Å²) in [4.78, 5) is 10.0. The highest BCUT2D eigenvalue weighted by Crippen LogP contribution is 2.32. The Morgan fingerprint density at radius 2 is 1.95 bits per heavy atom. The van der Waals surface area contributed by atoms with Crippen molar-refractivity contribution in [2.24, 2.45) is 5.14 Å². The molecular weight excluding hydrogens is 300 g/mol. The Bertz CT molecular complexity index is 614. The van der Waals surface area contributed by atoms with Crippen LogP contribution in [-0.2, 0) is 14.8 Å². The summed E-state index contributed by atoms with van der Waals surface area (Å²) in [6, 6.07) is 2.20. The van der Waals surface area contributed by atoms with Crippen LogP contribution in [0.3, 0.4) is 0 Å². The fraction of sp³-hybridized carbons (Fsp3) is 0.500. The molecule has 0 unspecified atom stereocenters. The van der Waals surface area contributed by atoms with E-state index in [1.807, 2.05) is 6.92 Å². The topological polar surface area (TPSA) is 122 Å². The maximum atomic E-state index is 11.4. The van der Waals surface area contributed by atoms with E-state index < -0.39 is 20.6 Å². The number of benzene rings is 1. The van der Waals surface area contributed by atoms with E-state index in [0.29, 0.717) is 13.2 Å². The molecule has 0 bridgehead atoms. The number of hydrogen-bond acceptors (Lipinski definition) is 6. The van der Waals surface area contributed by atoms with Crippen LogP contribution in [0, 0.1) is 17.0 Å². The Hall–Kier alpha value is -1.71. The first-order valence-corrected chi connectivity index (χ1v) is 7.84. The van der Waals surface area contributed by atoms with E-state index in [1.165, 1.54) is 13.0 Å². The lowest BCUT2D eigenvalue weighted by Crippen LogP contribution is -2.15. The molecule has 0 heterocycles. The van der Waals surface area contributed by atoms with E-state index >= 15 is 0 Å². The third-order valence-corrected chi connectivity index (χ3v) is 3.65. The van der Waals surface area contributed by atoms with Crippen LogP contribution in [0.25, 0.3) is 0 Å². The Morgan fingerprint density at radius 3 is 2.48 bits per heavy atom. The SMILES string of the molecule is CCCOCCOc1cc(C)c(S(N)(=O)=O)cc1[N+](=O)[O-]. The minimum Gasteiger partial charge on any atom is -0.484 e. The molecule has 0 saturated carbocycles. The lowest BCUT2D eigenvalue weighted by atomic mass is 10.2. The normalized spacial score (nSPS) is 11.4. The van der Waals surface area contributed by atoms with Crippen LogP contribution in [0.4, 0.5) is 5.69 Å². The van der Waals surface area contributed by atoms with Crippen molar-refractivity contribution < 1.29 is 22.8 Å². The van der Waals surface area contributed by atoms with Gasteiger partial charge in [-0.25, -0.2) is 13.6 Å². The van der Waals surface area contributed by atoms with Crippen molar-refractivity contribution in [3.8, 4) is 5.75 Å². The van der Waals surface area contributed by atoms with Gasteiger partial charge in [0.2, 0.25) is 10.0 Å². The molecular formula is C12H18N2O6S. The van der Waals surface area contributed by atoms with Crippen molar-refractivity contribution in [3.63, 3.8) is 0 Å². The second-order valence-corrected chi connectivity index (χ2v) is 5.88. The quantitative estimate of drug-likeness (QED) is 0.438. The van der Waals surface area contributed by atoms with Gasteiger partial charge in [-0.15, -0.1) is 0 Å². The lowest BCUT2D eigenvalue weighted by molar-refractivity contribution is -0.386. The summed E-state index contributed by atoms with van der Waals surface area (Å²) in [5.74, 6) is -0.00926. The summed E-state index contributed by atoms with van der Waals surface area (Å²) in [5.41, 5.74) is -0.160. The van der Waals surface area contributed by atoms with Crippen LogP contribution in [0.5, 0.6) is 5.75 Å². The summed E-state index contributed by atoms with van der Waals surface area (Å²) in [5, 5.41) is 16.0. The van der Waals surface area contributed by atoms with Crippen LogP contribution >= 0.6 is 0 Å². The van der Waals surface area contributed by atoms with E-state index in [9.17, 15) is 18.5 Å². The van der Waals surface area contributed by atoms with E-state index in [0.717, 1.165) is 12.5 Å². The van der Waals surface area contributed by atoms with Gasteiger partial charge in [0.15, 0.2) is 5.75 Å². The highest BCUT2D eigenvalue weighted by molar-refractivity contribution is 7.89. The number of nitrogens with zero attached hydrogens (tertiary/aromatic N) is 1. The van der Waals surface area contributed by atoms with E-state index in [1.54, 1.807) is 0 Å². The molecule has 0 aromatic heterocycles. The van der Waals surface area contributed by atoms with Crippen LogP contribution in [-0.4, -0.2) is 33.2 Å². The van der Waals surface area contributed by atoms with Gasteiger partial charge < -0.3 is 9.47 Å². The van der Waals surface area contributed by atoms with Crippen molar-refractivity contribution in [3.05, 3.63) is 27.8 Å². The minimum absolute atomic E-state index is 0.00926. The molecule has 1 rings (SSSR count). The first kappa shape index (κ1) is 17.3. The van der Waals surface area contributed by atoms with Gasteiger partial charge in [-0.2, -0.15) is 0 Å². The molecule has 1 aromatic rings. The molecule has 0 atom stereocenters. The van der Waals surface area contributed by atoms with Crippen LogP contribution in [0.15, 0.2) is 17.0 Å². The van der Waals surface area contributed by atoms with E-state index in [2.05, 4.69) is 0 Å². The highest BCUT2D eigenvalue weighted by Gasteiger charge is 2.22. The highest BCUT2D eigenvalue weighted by atomic mass is 32.2. The molecule has 0 aliphatic carbocycles. The van der Waals surface area contributed by atoms with Crippen molar-refractivity contribution in [1.82, 2.24) is 0 Å². The van der Waals surface area contributed by atoms with Gasteiger partial charge in [0, 0.05) is 12.7 Å². The summed E-state index contributed by atoms with van der Waals surface area (Å²) < 4.78 is 33.2. The number of sulfonamides is 1. The maximum Gasteiger partial charge on any atom is 0.312 e. The zero-order valence-corrected chi connectivity index (χ0v) is 12.7. The lowest BCUT2D eigenvalue weighted by Gasteiger charge is -2.10. The molecule has 0 saturated heterocycles. The number of primary sulfonamides is 1. The van der Waals surface area contributed by atoms with Crippen molar-refractivity contribution in [2.75, 3.05) is 19.8 Å². The predicted molar refractivity (Wildman–Crippen MR) is 75.8 cm³/mol. The van der Waals surface area contributed by atoms with Gasteiger partial charge in [-0.1, -0.05) is 6.92 Å². The number of nitrogens with two attached hydrogens (primary N) is 1. The molecule has 0 spiro atoms. The number of nitro benzene ring substituents is 1. The molecule has 2 N–H and O–H groups in total. The number of hydrogen-bond donors (Lipinski definition) is 1. The van der Waals surface area contributed by atoms with Gasteiger partial charge >= 0.3 is 5.69 Å². The van der Waals surface area contributed by atoms with Gasteiger partial charge in [-0.3, -0.25) is 10.1 Å². The maximum absolute atomic E-state index is 11.4. The molecule has 9 heteroatoms. The van der Waals surface area contributed by atoms with E-state index in [-0.39, 0.29) is 22.8 Å². The zero-order chi connectivity index (χ0) is 16.0. The van der Waals surface area contributed by atoms with Crippen molar-refractivity contribution >= 4 is 15.7 Å². The van der Waals surface area contributed by atoms with Gasteiger partial charge in [0.05, 0.1) is 16.4 Å². The van der Waals surface area contributed by atoms with Crippen LogP contribution in [0.1, 0.15) is 18.9 Å². The minimum atomic E-state index is -4.02. The van der Waals surface area contributed by atoms with Gasteiger partial charge in [0.25, 0.3) is 0 Å². The van der Waals surface area contributed by atoms with Crippen molar-refractivity contribution in [1.29, 1.82) is 0 Å². The average molecular weight is 318 g/mol. The van der Waals surface area contributed by atoms with Gasteiger partial charge in [-0.05, 0) is 25.0 Å². The first-order valence-electron chi connectivity index (χ1n) is 6.29. The monoisotopic (exact) mass is 318 g/mol. The summed E-state index contributed by atoms with van der Waals surface area (Å²) in [6.45, 7) is 4.45. The second-order valence-electron chi connectivity index (χ2n) is 4.35.